The van der Waals surface area contributed by atoms with Gasteiger partial charge in [0.05, 0.1) is 0 Å². The van der Waals surface area contributed by atoms with Gasteiger partial charge in [0.1, 0.15) is 0 Å². The van der Waals surface area contributed by atoms with Crippen molar-refractivity contribution in [3.05, 3.63) is 24.3 Å². The molecular formula is C60H114N10O2. The second kappa shape index (κ2) is 39.5. The van der Waals surface area contributed by atoms with Crippen LogP contribution in [0, 0.1) is 23.7 Å². The number of nitrogens with one attached hydrogen (secondary N) is 4. The van der Waals surface area contributed by atoms with Crippen LogP contribution in [-0.2, 0) is 9.59 Å². The Morgan fingerprint density at radius 1 is 0.458 bits per heavy atom. The van der Waals surface area contributed by atoms with E-state index >= 15 is 0 Å². The first-order valence-electron chi connectivity index (χ1n) is 31.2. The van der Waals surface area contributed by atoms with Gasteiger partial charge in [-0.15, -0.1) is 0 Å². The van der Waals surface area contributed by atoms with E-state index in [0.29, 0.717) is 29.6 Å². The molecule has 5 aliphatic rings. The summed E-state index contributed by atoms with van der Waals surface area (Å²) in [5, 5.41) is 14.2. The lowest BCUT2D eigenvalue weighted by Gasteiger charge is -2.39. The molecule has 4 aliphatic heterocycles. The average Bonchev–Trinajstić information content (AvgIpc) is 3.41. The third-order valence-corrected chi connectivity index (χ3v) is 17.3. The van der Waals surface area contributed by atoms with Gasteiger partial charge in [-0.1, -0.05) is 134 Å². The minimum atomic E-state index is 0.377. The molecule has 12 nitrogen and oxygen atoms in total. The summed E-state index contributed by atoms with van der Waals surface area (Å²) in [6, 6.07) is 0. The maximum absolute atomic E-state index is 13.2. The highest BCUT2D eigenvalue weighted by molar-refractivity contribution is 5.76. The van der Waals surface area contributed by atoms with Crippen molar-refractivity contribution in [1.82, 2.24) is 50.7 Å². The third kappa shape index (κ3) is 25.8. The third-order valence-electron chi connectivity index (χ3n) is 17.3. The van der Waals surface area contributed by atoms with E-state index in [0.717, 1.165) is 162 Å². The summed E-state index contributed by atoms with van der Waals surface area (Å²) >= 11 is 0. The highest BCUT2D eigenvalue weighted by Crippen LogP contribution is 2.43. The molecule has 0 saturated carbocycles. The van der Waals surface area contributed by atoms with Crippen LogP contribution in [0.2, 0.25) is 0 Å². The predicted octanol–water partition coefficient (Wildman–Crippen LogP) is 8.26. The first-order chi connectivity index (χ1) is 35.5. The van der Waals surface area contributed by atoms with Crippen LogP contribution in [0.5, 0.6) is 0 Å². The first kappa shape index (κ1) is 61.0. The molecule has 4 heterocycles. The van der Waals surface area contributed by atoms with Crippen LogP contribution >= 0.6 is 0 Å². The molecule has 2 amide bonds. The zero-order valence-corrected chi connectivity index (χ0v) is 47.1. The van der Waals surface area contributed by atoms with Gasteiger partial charge in [0.25, 0.3) is 0 Å². The topological polar surface area (TPSA) is 102 Å². The van der Waals surface area contributed by atoms with Crippen molar-refractivity contribution in [3.63, 3.8) is 0 Å². The first-order valence-corrected chi connectivity index (χ1v) is 31.2. The Labute approximate surface area is 443 Å². The molecule has 0 radical (unpaired) electrons. The summed E-state index contributed by atoms with van der Waals surface area (Å²) in [5.41, 5.74) is 0. The van der Waals surface area contributed by atoms with Crippen LogP contribution in [0.1, 0.15) is 168 Å². The van der Waals surface area contributed by atoms with Crippen molar-refractivity contribution in [2.75, 3.05) is 157 Å². The van der Waals surface area contributed by atoms with Gasteiger partial charge in [-0.2, -0.15) is 0 Å². The van der Waals surface area contributed by atoms with Crippen LogP contribution in [0.4, 0.5) is 0 Å². The molecule has 12 heteroatoms. The summed E-state index contributed by atoms with van der Waals surface area (Å²) < 4.78 is 0. The number of piperazine rings is 4. The van der Waals surface area contributed by atoms with Crippen molar-refractivity contribution in [1.29, 1.82) is 0 Å². The highest BCUT2D eigenvalue weighted by Gasteiger charge is 2.34. The zero-order valence-electron chi connectivity index (χ0n) is 47.1. The fourth-order valence-electron chi connectivity index (χ4n) is 12.4. The van der Waals surface area contributed by atoms with E-state index in [-0.39, 0.29) is 0 Å². The van der Waals surface area contributed by atoms with Gasteiger partial charge in [0.15, 0.2) is 0 Å². The fraction of sp³-hybridized carbons (Fsp3) is 0.900. The molecular weight excluding hydrogens is 893 g/mol. The lowest BCUT2D eigenvalue weighted by atomic mass is 9.66. The standard InChI is InChI=1S/C60H114N10O2/c1-3-5-7-9-13-19-25-57-55(23-17-8-6-4-2)29-30-56(24-18-12-10-15-21-27-59(71)69-51-47-67(48-52-69)45-37-63-35-43-65-39-31-61-32-40-65)58(57)26-20-14-11-16-22-28-60(72)70-53-49-68(50-54-70)46-38-64-36-44-66-41-33-62-34-42-66/h19,25,29-30,55-58,61-64H,3-18,20-24,26-28,31-54H2,1-2H3/b25-19+. The van der Waals surface area contributed by atoms with Crippen LogP contribution in [0.25, 0.3) is 0 Å². The fourth-order valence-corrected chi connectivity index (χ4v) is 12.4. The lowest BCUT2D eigenvalue weighted by Crippen LogP contribution is -2.50. The Hall–Kier alpha value is -1.90. The SMILES string of the molecule is CCCCCC/C=C/C1C(CCCCCC)C=CC(CCCCCCCC(=O)N2CCN(CCNCCN3CCNCC3)CC2)C1CCCCCCCC(=O)N1CCN(CCNCCN2CCNCC2)CC1. The lowest BCUT2D eigenvalue weighted by molar-refractivity contribution is -0.133. The Morgan fingerprint density at radius 2 is 0.847 bits per heavy atom. The van der Waals surface area contributed by atoms with Gasteiger partial charge in [0, 0.05) is 170 Å². The summed E-state index contributed by atoms with van der Waals surface area (Å²) in [5.74, 6) is 3.52. The average molecular weight is 1010 g/mol. The molecule has 4 N–H and O–H groups in total. The van der Waals surface area contributed by atoms with Crippen molar-refractivity contribution in [3.8, 4) is 0 Å². The number of allylic oxidation sites excluding steroid dienone is 4. The molecule has 0 bridgehead atoms. The van der Waals surface area contributed by atoms with Crippen LogP contribution in [-0.4, -0.2) is 198 Å². The molecule has 5 rings (SSSR count). The molecule has 0 aromatic heterocycles. The van der Waals surface area contributed by atoms with Gasteiger partial charge in [-0.25, -0.2) is 0 Å². The van der Waals surface area contributed by atoms with E-state index in [4.69, 9.17) is 0 Å². The Kier molecular flexibility index (Phi) is 33.4. The minimum Gasteiger partial charge on any atom is -0.340 e. The van der Waals surface area contributed by atoms with Crippen LogP contribution in [0.15, 0.2) is 24.3 Å². The van der Waals surface area contributed by atoms with Crippen LogP contribution < -0.4 is 21.3 Å². The molecule has 4 saturated heterocycles. The van der Waals surface area contributed by atoms with Gasteiger partial charge in [-0.3, -0.25) is 29.2 Å². The molecule has 416 valence electrons. The van der Waals surface area contributed by atoms with E-state index < -0.39 is 0 Å². The van der Waals surface area contributed by atoms with Gasteiger partial charge in [0.2, 0.25) is 11.8 Å². The predicted molar refractivity (Wildman–Crippen MR) is 305 cm³/mol. The smallest absolute Gasteiger partial charge is 0.222 e. The number of unbranched alkanes of at least 4 members (excludes halogenated alkanes) is 15. The van der Waals surface area contributed by atoms with E-state index in [9.17, 15) is 9.59 Å². The van der Waals surface area contributed by atoms with Crippen molar-refractivity contribution in [2.45, 2.75) is 168 Å². The monoisotopic (exact) mass is 1010 g/mol. The molecule has 4 atom stereocenters. The number of carbonyl (C=O) groups excluding carboxylic acids is 2. The second-order valence-corrected chi connectivity index (χ2v) is 22.8. The van der Waals surface area contributed by atoms with Gasteiger partial charge < -0.3 is 31.1 Å². The number of nitrogens with zero attached hydrogens (tertiary/aromatic N) is 6. The molecule has 1 aliphatic carbocycles. The largest absolute Gasteiger partial charge is 0.340 e. The number of hydrogen-bond donors (Lipinski definition) is 4. The van der Waals surface area contributed by atoms with Crippen molar-refractivity contribution < 1.29 is 9.59 Å². The summed E-state index contributed by atoms with van der Waals surface area (Å²) in [4.78, 5) is 40.8. The highest BCUT2D eigenvalue weighted by atomic mass is 16.2. The minimum absolute atomic E-state index is 0.377. The molecule has 0 aromatic rings. The van der Waals surface area contributed by atoms with Gasteiger partial charge >= 0.3 is 0 Å². The maximum Gasteiger partial charge on any atom is 0.222 e. The van der Waals surface area contributed by atoms with E-state index in [2.05, 4.69) is 88.8 Å². The number of carbonyl (C=O) groups is 2. The molecule has 4 unspecified atom stereocenters. The summed E-state index contributed by atoms with van der Waals surface area (Å²) in [7, 11) is 0. The maximum atomic E-state index is 13.2. The normalized spacial score (nSPS) is 23.2. The van der Waals surface area contributed by atoms with Crippen LogP contribution in [0.3, 0.4) is 0 Å². The Bertz CT molecular complexity index is 1400. The molecule has 0 spiro atoms. The number of rotatable bonds is 39. The Balaban J connectivity index is 0.962. The number of hydrogen-bond acceptors (Lipinski definition) is 10. The molecule has 0 aromatic carbocycles. The van der Waals surface area contributed by atoms with Crippen molar-refractivity contribution >= 4 is 11.8 Å². The van der Waals surface area contributed by atoms with Gasteiger partial charge in [-0.05, 0) is 68.6 Å². The van der Waals surface area contributed by atoms with Crippen molar-refractivity contribution in [2.24, 2.45) is 23.7 Å². The van der Waals surface area contributed by atoms with E-state index in [1.54, 1.807) is 0 Å². The Morgan fingerprint density at radius 3 is 1.33 bits per heavy atom. The number of amides is 2. The molecule has 4 fully saturated rings. The summed E-state index contributed by atoms with van der Waals surface area (Å²) in [6.45, 7) is 30.0. The van der Waals surface area contributed by atoms with E-state index in [1.165, 1.54) is 155 Å². The zero-order chi connectivity index (χ0) is 50.5. The molecule has 72 heavy (non-hydrogen) atoms. The summed E-state index contributed by atoms with van der Waals surface area (Å²) in [6.07, 6.45) is 40.2. The second-order valence-electron chi connectivity index (χ2n) is 22.8. The van der Waals surface area contributed by atoms with E-state index in [1.807, 2.05) is 0 Å². The quantitative estimate of drug-likeness (QED) is 0.0356.